The number of nitrogens with one attached hydrogen (secondary N) is 1. The van der Waals surface area contributed by atoms with Gasteiger partial charge in [-0.2, -0.15) is 0 Å². The van der Waals surface area contributed by atoms with Gasteiger partial charge in [-0.05, 0) is 19.3 Å². The summed E-state index contributed by atoms with van der Waals surface area (Å²) in [7, 11) is 0. The largest absolute Gasteiger partial charge is 0.396 e. The first-order chi connectivity index (χ1) is 5.66. The van der Waals surface area contributed by atoms with Crippen LogP contribution < -0.4 is 5.32 Å². The second kappa shape index (κ2) is 7.53. The normalized spacial score (nSPS) is 13.8. The molecule has 1 unspecified atom stereocenters. The summed E-state index contributed by atoms with van der Waals surface area (Å²) in [4.78, 5) is 0. The Kier molecular flexibility index (Phi) is 7.45. The third-order valence-electron chi connectivity index (χ3n) is 1.71. The smallest absolute Gasteiger partial charge is 0.0664 e. The maximum absolute atomic E-state index is 9.38. The molecule has 0 bridgehead atoms. The Morgan fingerprint density at radius 1 is 1.25 bits per heavy atom. The van der Waals surface area contributed by atoms with Gasteiger partial charge in [-0.1, -0.05) is 13.8 Å². The Bertz CT molecular complexity index is 96.5. The molecule has 3 N–H and O–H groups in total. The van der Waals surface area contributed by atoms with Gasteiger partial charge < -0.3 is 15.5 Å². The molecule has 1 atom stereocenters. The topological polar surface area (TPSA) is 52.5 Å². The summed E-state index contributed by atoms with van der Waals surface area (Å²) in [6, 6.07) is 0.428. The molecule has 0 aliphatic heterocycles. The zero-order valence-electron chi connectivity index (χ0n) is 8.08. The molecule has 74 valence electrons. The predicted octanol–water partition coefficient (Wildman–Crippen LogP) is 0.508. The quantitative estimate of drug-likeness (QED) is 0.494. The summed E-state index contributed by atoms with van der Waals surface area (Å²) in [6.45, 7) is 4.99. The lowest BCUT2D eigenvalue weighted by molar-refractivity contribution is 0.152. The number of hydrogen-bond acceptors (Lipinski definition) is 3. The standard InChI is InChI=1S/C9H21NO2/c1-8(2)10-7-9(12)5-3-4-6-11/h8-12H,3-7H2,1-2H3. The molecule has 3 heteroatoms. The van der Waals surface area contributed by atoms with Crippen molar-refractivity contribution < 1.29 is 10.2 Å². The summed E-state index contributed by atoms with van der Waals surface area (Å²) in [5, 5.41) is 21.0. The molecule has 0 aromatic carbocycles. The Balaban J connectivity index is 3.15. The van der Waals surface area contributed by atoms with Crippen molar-refractivity contribution in [2.24, 2.45) is 0 Å². The van der Waals surface area contributed by atoms with E-state index in [0.29, 0.717) is 12.6 Å². The number of hydrogen-bond donors (Lipinski definition) is 3. The van der Waals surface area contributed by atoms with Crippen molar-refractivity contribution in [2.45, 2.75) is 45.3 Å². The predicted molar refractivity (Wildman–Crippen MR) is 50.1 cm³/mol. The van der Waals surface area contributed by atoms with Crippen LogP contribution in [0, 0.1) is 0 Å². The third-order valence-corrected chi connectivity index (χ3v) is 1.71. The van der Waals surface area contributed by atoms with Crippen LogP contribution in [0.2, 0.25) is 0 Å². The molecule has 0 spiro atoms. The number of aliphatic hydroxyl groups excluding tert-OH is 2. The van der Waals surface area contributed by atoms with Crippen LogP contribution in [0.3, 0.4) is 0 Å². The van der Waals surface area contributed by atoms with E-state index in [2.05, 4.69) is 19.2 Å². The zero-order chi connectivity index (χ0) is 9.40. The van der Waals surface area contributed by atoms with Crippen molar-refractivity contribution in [3.05, 3.63) is 0 Å². The molecule has 0 saturated heterocycles. The molecule has 0 aromatic rings. The minimum Gasteiger partial charge on any atom is -0.396 e. The van der Waals surface area contributed by atoms with Gasteiger partial charge >= 0.3 is 0 Å². The van der Waals surface area contributed by atoms with Gasteiger partial charge in [0.1, 0.15) is 0 Å². The highest BCUT2D eigenvalue weighted by atomic mass is 16.3. The maximum Gasteiger partial charge on any atom is 0.0664 e. The molecule has 0 saturated carbocycles. The van der Waals surface area contributed by atoms with E-state index in [4.69, 9.17) is 5.11 Å². The van der Waals surface area contributed by atoms with E-state index in [0.717, 1.165) is 19.3 Å². The molecule has 0 aliphatic rings. The van der Waals surface area contributed by atoms with Gasteiger partial charge in [0, 0.05) is 19.2 Å². The average Bonchev–Trinajstić information content (AvgIpc) is 2.01. The number of unbranched alkanes of at least 4 members (excludes halogenated alkanes) is 1. The summed E-state index contributed by atoms with van der Waals surface area (Å²) in [5.74, 6) is 0. The van der Waals surface area contributed by atoms with Crippen molar-refractivity contribution in [1.29, 1.82) is 0 Å². The van der Waals surface area contributed by atoms with Crippen molar-refractivity contribution >= 4 is 0 Å². The molecule has 0 rings (SSSR count). The van der Waals surface area contributed by atoms with Gasteiger partial charge in [0.25, 0.3) is 0 Å². The van der Waals surface area contributed by atoms with Crippen LogP contribution in [0.5, 0.6) is 0 Å². The molecule has 0 radical (unpaired) electrons. The molecule has 0 aliphatic carbocycles. The second-order valence-electron chi connectivity index (χ2n) is 3.44. The van der Waals surface area contributed by atoms with E-state index < -0.39 is 0 Å². The van der Waals surface area contributed by atoms with Gasteiger partial charge in [0.15, 0.2) is 0 Å². The van der Waals surface area contributed by atoms with Gasteiger partial charge in [-0.3, -0.25) is 0 Å². The van der Waals surface area contributed by atoms with E-state index in [1.54, 1.807) is 0 Å². The number of rotatable bonds is 7. The van der Waals surface area contributed by atoms with Crippen LogP contribution in [0.25, 0.3) is 0 Å². The van der Waals surface area contributed by atoms with Crippen molar-refractivity contribution in [3.8, 4) is 0 Å². The Hall–Kier alpha value is -0.120. The van der Waals surface area contributed by atoms with E-state index in [-0.39, 0.29) is 12.7 Å². The highest BCUT2D eigenvalue weighted by Crippen LogP contribution is 1.99. The lowest BCUT2D eigenvalue weighted by Crippen LogP contribution is -2.31. The summed E-state index contributed by atoms with van der Waals surface area (Å²) in [6.07, 6.45) is 2.20. The first-order valence-electron chi connectivity index (χ1n) is 4.69. The Morgan fingerprint density at radius 3 is 2.42 bits per heavy atom. The van der Waals surface area contributed by atoms with Gasteiger partial charge in [0.2, 0.25) is 0 Å². The van der Waals surface area contributed by atoms with Crippen LogP contribution in [0.4, 0.5) is 0 Å². The van der Waals surface area contributed by atoms with Crippen LogP contribution >= 0.6 is 0 Å². The molecular formula is C9H21NO2. The highest BCUT2D eigenvalue weighted by molar-refractivity contribution is 4.61. The third kappa shape index (κ3) is 7.98. The van der Waals surface area contributed by atoms with Crippen LogP contribution in [-0.2, 0) is 0 Å². The Labute approximate surface area is 74.8 Å². The van der Waals surface area contributed by atoms with E-state index in [1.165, 1.54) is 0 Å². The molecule has 0 amide bonds. The SMILES string of the molecule is CC(C)NCC(O)CCCCO. The minimum atomic E-state index is -0.265. The van der Waals surface area contributed by atoms with Gasteiger partial charge in [-0.15, -0.1) is 0 Å². The summed E-state index contributed by atoms with van der Waals surface area (Å²) in [5.41, 5.74) is 0. The van der Waals surface area contributed by atoms with Crippen molar-refractivity contribution in [2.75, 3.05) is 13.2 Å². The van der Waals surface area contributed by atoms with E-state index in [9.17, 15) is 5.11 Å². The van der Waals surface area contributed by atoms with E-state index >= 15 is 0 Å². The van der Waals surface area contributed by atoms with Gasteiger partial charge in [-0.25, -0.2) is 0 Å². The molecule has 12 heavy (non-hydrogen) atoms. The first-order valence-corrected chi connectivity index (χ1v) is 4.69. The molecule has 0 heterocycles. The highest BCUT2D eigenvalue weighted by Gasteiger charge is 2.03. The Morgan fingerprint density at radius 2 is 1.92 bits per heavy atom. The fraction of sp³-hybridized carbons (Fsp3) is 1.00. The van der Waals surface area contributed by atoms with Crippen LogP contribution in [0.1, 0.15) is 33.1 Å². The monoisotopic (exact) mass is 175 g/mol. The lowest BCUT2D eigenvalue weighted by atomic mass is 10.1. The summed E-state index contributed by atoms with van der Waals surface area (Å²) >= 11 is 0. The number of aliphatic hydroxyl groups is 2. The zero-order valence-corrected chi connectivity index (χ0v) is 8.08. The van der Waals surface area contributed by atoms with Crippen molar-refractivity contribution in [3.63, 3.8) is 0 Å². The van der Waals surface area contributed by atoms with Crippen LogP contribution in [-0.4, -0.2) is 35.5 Å². The molecule has 0 aromatic heterocycles. The molecular weight excluding hydrogens is 154 g/mol. The second-order valence-corrected chi connectivity index (χ2v) is 3.44. The van der Waals surface area contributed by atoms with E-state index in [1.807, 2.05) is 0 Å². The fourth-order valence-corrected chi connectivity index (χ4v) is 0.966. The average molecular weight is 175 g/mol. The summed E-state index contributed by atoms with van der Waals surface area (Å²) < 4.78 is 0. The van der Waals surface area contributed by atoms with Crippen molar-refractivity contribution in [1.82, 2.24) is 5.32 Å². The lowest BCUT2D eigenvalue weighted by Gasteiger charge is -2.13. The fourth-order valence-electron chi connectivity index (χ4n) is 0.966. The first kappa shape index (κ1) is 11.9. The van der Waals surface area contributed by atoms with Gasteiger partial charge in [0.05, 0.1) is 6.10 Å². The maximum atomic E-state index is 9.38. The molecule has 0 fully saturated rings. The van der Waals surface area contributed by atoms with Crippen LogP contribution in [0.15, 0.2) is 0 Å². The minimum absolute atomic E-state index is 0.227. The molecule has 3 nitrogen and oxygen atoms in total.